The van der Waals surface area contributed by atoms with E-state index in [0.717, 1.165) is 6.07 Å². The monoisotopic (exact) mass is 303 g/mol. The second-order valence-electron chi connectivity index (χ2n) is 5.00. The van der Waals surface area contributed by atoms with Gasteiger partial charge in [0.05, 0.1) is 16.9 Å². The Labute approximate surface area is 119 Å². The van der Waals surface area contributed by atoms with Crippen LogP contribution in [0.4, 0.5) is 23.7 Å². The third kappa shape index (κ3) is 4.08. The van der Waals surface area contributed by atoms with Crippen LogP contribution in [0.1, 0.15) is 12.0 Å². The van der Waals surface area contributed by atoms with Crippen molar-refractivity contribution < 1.29 is 23.1 Å². The van der Waals surface area contributed by atoms with Gasteiger partial charge in [-0.15, -0.1) is 0 Å². The molecule has 0 aliphatic carbocycles. The van der Waals surface area contributed by atoms with E-state index in [-0.39, 0.29) is 12.2 Å². The molecule has 1 aromatic carbocycles. The molecule has 0 saturated carbocycles. The average Bonchev–Trinajstić information content (AvgIpc) is 2.83. The Morgan fingerprint density at radius 3 is 2.71 bits per heavy atom. The van der Waals surface area contributed by atoms with Crippen molar-refractivity contribution in [3.05, 3.63) is 29.8 Å². The predicted molar refractivity (Wildman–Crippen MR) is 70.9 cm³/mol. The summed E-state index contributed by atoms with van der Waals surface area (Å²) in [4.78, 5) is 11.7. The molecule has 0 bridgehead atoms. The fourth-order valence-corrected chi connectivity index (χ4v) is 2.13. The van der Waals surface area contributed by atoms with E-state index in [1.165, 1.54) is 18.2 Å². The molecule has 1 saturated heterocycles. The SMILES string of the molecule is O=C(NCC1(O)CCNC1)Nc1ccccc1C(F)(F)F. The van der Waals surface area contributed by atoms with Gasteiger partial charge in [0.25, 0.3) is 0 Å². The summed E-state index contributed by atoms with van der Waals surface area (Å²) in [6.45, 7) is 0.948. The number of rotatable bonds is 3. The molecule has 0 radical (unpaired) electrons. The summed E-state index contributed by atoms with van der Waals surface area (Å²) in [5.74, 6) is 0. The topological polar surface area (TPSA) is 73.4 Å². The Balaban J connectivity index is 1.97. The maximum Gasteiger partial charge on any atom is 0.418 e. The minimum Gasteiger partial charge on any atom is -0.387 e. The molecule has 8 heteroatoms. The molecular weight excluding hydrogens is 287 g/mol. The Hall–Kier alpha value is -1.80. The number of halogens is 3. The number of carbonyl (C=O) groups excluding carboxylic acids is 1. The van der Waals surface area contributed by atoms with Gasteiger partial charge < -0.3 is 21.1 Å². The van der Waals surface area contributed by atoms with Gasteiger partial charge >= 0.3 is 12.2 Å². The maximum atomic E-state index is 12.8. The average molecular weight is 303 g/mol. The fourth-order valence-electron chi connectivity index (χ4n) is 2.13. The number of β-amino-alcohol motifs (C(OH)–C–C–N with tert-alkyl or cyclic N) is 1. The Morgan fingerprint density at radius 2 is 2.10 bits per heavy atom. The zero-order valence-corrected chi connectivity index (χ0v) is 11.1. The number of aliphatic hydroxyl groups is 1. The normalized spacial score (nSPS) is 22.1. The first kappa shape index (κ1) is 15.6. The molecule has 1 aliphatic rings. The van der Waals surface area contributed by atoms with Crippen LogP contribution in [0.5, 0.6) is 0 Å². The molecule has 4 N–H and O–H groups in total. The quantitative estimate of drug-likeness (QED) is 0.684. The molecular formula is C13H16F3N3O2. The van der Waals surface area contributed by atoms with E-state index in [1.54, 1.807) is 0 Å². The Kier molecular flexibility index (Phi) is 4.38. The van der Waals surface area contributed by atoms with Gasteiger partial charge in [-0.25, -0.2) is 4.79 Å². The molecule has 1 fully saturated rings. The van der Waals surface area contributed by atoms with E-state index >= 15 is 0 Å². The zero-order chi connectivity index (χ0) is 15.5. The lowest BCUT2D eigenvalue weighted by Gasteiger charge is -2.22. The molecule has 116 valence electrons. The minimum atomic E-state index is -4.54. The van der Waals surface area contributed by atoms with Gasteiger partial charge in [-0.05, 0) is 25.1 Å². The third-order valence-electron chi connectivity index (χ3n) is 3.28. The number of nitrogens with one attached hydrogen (secondary N) is 3. The van der Waals surface area contributed by atoms with Crippen LogP contribution < -0.4 is 16.0 Å². The highest BCUT2D eigenvalue weighted by Gasteiger charge is 2.34. The number of carbonyl (C=O) groups is 1. The van der Waals surface area contributed by atoms with Gasteiger partial charge in [-0.1, -0.05) is 12.1 Å². The lowest BCUT2D eigenvalue weighted by molar-refractivity contribution is -0.136. The summed E-state index contributed by atoms with van der Waals surface area (Å²) >= 11 is 0. The number of para-hydroxylation sites is 1. The van der Waals surface area contributed by atoms with Crippen LogP contribution in [-0.4, -0.2) is 36.4 Å². The summed E-state index contributed by atoms with van der Waals surface area (Å²) < 4.78 is 38.3. The van der Waals surface area contributed by atoms with Crippen molar-refractivity contribution >= 4 is 11.7 Å². The Morgan fingerprint density at radius 1 is 1.38 bits per heavy atom. The van der Waals surface area contributed by atoms with Crippen LogP contribution >= 0.6 is 0 Å². The van der Waals surface area contributed by atoms with E-state index in [4.69, 9.17) is 0 Å². The zero-order valence-electron chi connectivity index (χ0n) is 11.1. The third-order valence-corrected chi connectivity index (χ3v) is 3.28. The number of urea groups is 1. The van der Waals surface area contributed by atoms with Crippen molar-refractivity contribution in [3.63, 3.8) is 0 Å². The second kappa shape index (κ2) is 5.90. The molecule has 2 amide bonds. The van der Waals surface area contributed by atoms with E-state index in [0.29, 0.717) is 19.5 Å². The molecule has 1 aliphatic heterocycles. The molecule has 1 heterocycles. The molecule has 1 unspecified atom stereocenters. The first-order valence-electron chi connectivity index (χ1n) is 6.44. The van der Waals surface area contributed by atoms with Crippen LogP contribution in [0.15, 0.2) is 24.3 Å². The summed E-state index contributed by atoms with van der Waals surface area (Å²) in [5.41, 5.74) is -2.29. The maximum absolute atomic E-state index is 12.8. The molecule has 0 spiro atoms. The summed E-state index contributed by atoms with van der Waals surface area (Å²) in [6.07, 6.45) is -4.07. The molecule has 0 aromatic heterocycles. The molecule has 1 aromatic rings. The van der Waals surface area contributed by atoms with Crippen molar-refractivity contribution in [1.82, 2.24) is 10.6 Å². The first-order valence-corrected chi connectivity index (χ1v) is 6.44. The number of hydrogen-bond donors (Lipinski definition) is 4. The van der Waals surface area contributed by atoms with Gasteiger partial charge in [0, 0.05) is 13.1 Å². The van der Waals surface area contributed by atoms with Crippen LogP contribution in [-0.2, 0) is 6.18 Å². The van der Waals surface area contributed by atoms with Crippen molar-refractivity contribution in [3.8, 4) is 0 Å². The van der Waals surface area contributed by atoms with Crippen molar-refractivity contribution in [2.45, 2.75) is 18.2 Å². The standard InChI is InChI=1S/C13H16F3N3O2/c14-13(15,16)9-3-1-2-4-10(9)19-11(20)18-8-12(21)5-6-17-7-12/h1-4,17,21H,5-8H2,(H2,18,19,20). The molecule has 5 nitrogen and oxygen atoms in total. The van der Waals surface area contributed by atoms with E-state index in [9.17, 15) is 23.1 Å². The number of hydrogen-bond acceptors (Lipinski definition) is 3. The van der Waals surface area contributed by atoms with Gasteiger partial charge in [-0.3, -0.25) is 0 Å². The smallest absolute Gasteiger partial charge is 0.387 e. The van der Waals surface area contributed by atoms with E-state index in [2.05, 4.69) is 16.0 Å². The number of alkyl halides is 3. The highest BCUT2D eigenvalue weighted by Crippen LogP contribution is 2.34. The van der Waals surface area contributed by atoms with Gasteiger partial charge in [-0.2, -0.15) is 13.2 Å². The summed E-state index contributed by atoms with van der Waals surface area (Å²) in [6, 6.07) is 3.93. The summed E-state index contributed by atoms with van der Waals surface area (Å²) in [7, 11) is 0. The van der Waals surface area contributed by atoms with Gasteiger partial charge in [0.2, 0.25) is 0 Å². The number of amides is 2. The highest BCUT2D eigenvalue weighted by atomic mass is 19.4. The largest absolute Gasteiger partial charge is 0.418 e. The van der Waals surface area contributed by atoms with Gasteiger partial charge in [0.1, 0.15) is 0 Å². The Bertz CT molecular complexity index is 514. The molecule has 1 atom stereocenters. The lowest BCUT2D eigenvalue weighted by Crippen LogP contribution is -2.45. The van der Waals surface area contributed by atoms with Crippen LogP contribution in [0.25, 0.3) is 0 Å². The van der Waals surface area contributed by atoms with Crippen LogP contribution in [0, 0.1) is 0 Å². The second-order valence-corrected chi connectivity index (χ2v) is 5.00. The number of anilines is 1. The lowest BCUT2D eigenvalue weighted by atomic mass is 10.0. The van der Waals surface area contributed by atoms with E-state index in [1.807, 2.05) is 0 Å². The molecule has 21 heavy (non-hydrogen) atoms. The summed E-state index contributed by atoms with van der Waals surface area (Å²) in [5, 5.41) is 17.5. The van der Waals surface area contributed by atoms with Crippen LogP contribution in [0.2, 0.25) is 0 Å². The van der Waals surface area contributed by atoms with Crippen molar-refractivity contribution in [2.24, 2.45) is 0 Å². The first-order chi connectivity index (χ1) is 9.80. The van der Waals surface area contributed by atoms with E-state index < -0.39 is 23.4 Å². The highest BCUT2D eigenvalue weighted by molar-refractivity contribution is 5.90. The number of benzene rings is 1. The molecule has 2 rings (SSSR count). The fraction of sp³-hybridized carbons (Fsp3) is 0.462. The van der Waals surface area contributed by atoms with Gasteiger partial charge in [0.15, 0.2) is 0 Å². The van der Waals surface area contributed by atoms with Crippen molar-refractivity contribution in [1.29, 1.82) is 0 Å². The van der Waals surface area contributed by atoms with Crippen molar-refractivity contribution in [2.75, 3.05) is 25.0 Å². The minimum absolute atomic E-state index is 0.0278. The van der Waals surface area contributed by atoms with Crippen LogP contribution in [0.3, 0.4) is 0 Å². The predicted octanol–water partition coefficient (Wildman–Crippen LogP) is 1.55.